The van der Waals surface area contributed by atoms with Gasteiger partial charge in [-0.3, -0.25) is 0 Å². The predicted octanol–water partition coefficient (Wildman–Crippen LogP) is 5.57. The van der Waals surface area contributed by atoms with Crippen LogP contribution in [0.15, 0.2) is 0 Å². The molecule has 23 heavy (non-hydrogen) atoms. The SMILES string of the molecule is CCOC(=O)C(F)(F)CC(I)CCCCO[Si](C)(C)C(C)(C)C. The minimum absolute atomic E-state index is 0.0227. The molecule has 0 bridgehead atoms. The molecule has 0 amide bonds. The van der Waals surface area contributed by atoms with Crippen molar-refractivity contribution in [3.63, 3.8) is 0 Å². The largest absolute Gasteiger partial charge is 0.462 e. The van der Waals surface area contributed by atoms with E-state index < -0.39 is 26.6 Å². The second-order valence-corrected chi connectivity index (χ2v) is 13.9. The number of hydrogen-bond donors (Lipinski definition) is 0. The van der Waals surface area contributed by atoms with Crippen LogP contribution in [0, 0.1) is 0 Å². The first-order chi connectivity index (χ1) is 10.3. The summed E-state index contributed by atoms with van der Waals surface area (Å²) in [7, 11) is -1.73. The maximum Gasteiger partial charge on any atom is 0.377 e. The second-order valence-electron chi connectivity index (χ2n) is 7.33. The number of ether oxygens (including phenoxy) is 1. The molecule has 1 unspecified atom stereocenters. The number of carbonyl (C=O) groups is 1. The van der Waals surface area contributed by atoms with Crippen LogP contribution in [0.1, 0.15) is 53.4 Å². The van der Waals surface area contributed by atoms with E-state index in [9.17, 15) is 13.6 Å². The lowest BCUT2D eigenvalue weighted by atomic mass is 10.1. The zero-order valence-corrected chi connectivity index (χ0v) is 18.3. The van der Waals surface area contributed by atoms with E-state index in [4.69, 9.17) is 4.43 Å². The summed E-state index contributed by atoms with van der Waals surface area (Å²) in [6.45, 7) is 13.2. The van der Waals surface area contributed by atoms with Gasteiger partial charge in [0.25, 0.3) is 0 Å². The number of esters is 1. The first kappa shape index (κ1) is 23.2. The molecule has 138 valence electrons. The van der Waals surface area contributed by atoms with E-state index in [1.54, 1.807) is 0 Å². The van der Waals surface area contributed by atoms with Crippen LogP contribution in [0.25, 0.3) is 0 Å². The highest BCUT2D eigenvalue weighted by Crippen LogP contribution is 2.36. The van der Waals surface area contributed by atoms with Crippen LogP contribution < -0.4 is 0 Å². The standard InChI is InChI=1S/C16H31F2IO3Si/c1-7-21-14(20)16(17,18)12-13(19)10-8-9-11-22-23(5,6)15(2,3)4/h13H,7-12H2,1-6H3. The fraction of sp³-hybridized carbons (Fsp3) is 0.938. The van der Waals surface area contributed by atoms with Crippen molar-refractivity contribution in [2.24, 2.45) is 0 Å². The maximum atomic E-state index is 13.6. The molecule has 0 N–H and O–H groups in total. The molecule has 0 aromatic carbocycles. The van der Waals surface area contributed by atoms with E-state index in [2.05, 4.69) is 38.6 Å². The van der Waals surface area contributed by atoms with Crippen molar-refractivity contribution < 1.29 is 22.7 Å². The van der Waals surface area contributed by atoms with Gasteiger partial charge in [0.2, 0.25) is 0 Å². The topological polar surface area (TPSA) is 35.5 Å². The lowest BCUT2D eigenvalue weighted by molar-refractivity contribution is -0.172. The van der Waals surface area contributed by atoms with Gasteiger partial charge < -0.3 is 9.16 Å². The molecule has 0 aliphatic rings. The number of rotatable bonds is 10. The predicted molar refractivity (Wildman–Crippen MR) is 101 cm³/mol. The molecule has 7 heteroatoms. The number of hydrogen-bond acceptors (Lipinski definition) is 3. The molecule has 0 aliphatic heterocycles. The molecule has 1 atom stereocenters. The fourth-order valence-electron chi connectivity index (χ4n) is 1.71. The van der Waals surface area contributed by atoms with Crippen molar-refractivity contribution >= 4 is 36.9 Å². The highest BCUT2D eigenvalue weighted by Gasteiger charge is 2.42. The summed E-state index contributed by atoms with van der Waals surface area (Å²) in [5, 5.41) is 0.181. The Hall–Kier alpha value is 0.237. The second kappa shape index (κ2) is 9.65. The minimum atomic E-state index is -3.39. The van der Waals surface area contributed by atoms with Gasteiger partial charge >= 0.3 is 11.9 Å². The van der Waals surface area contributed by atoms with Gasteiger partial charge in [-0.2, -0.15) is 8.78 Å². The number of carbonyl (C=O) groups excluding carboxylic acids is 1. The zero-order chi connectivity index (χ0) is 18.3. The van der Waals surface area contributed by atoms with E-state index in [1.807, 2.05) is 22.6 Å². The highest BCUT2D eigenvalue weighted by molar-refractivity contribution is 14.1. The summed E-state index contributed by atoms with van der Waals surface area (Å²) in [4.78, 5) is 11.2. The molecule has 0 aliphatic carbocycles. The average molecular weight is 464 g/mol. The fourth-order valence-corrected chi connectivity index (χ4v) is 3.79. The summed E-state index contributed by atoms with van der Waals surface area (Å²) in [5.74, 6) is -4.80. The van der Waals surface area contributed by atoms with E-state index in [1.165, 1.54) is 6.92 Å². The van der Waals surface area contributed by atoms with Crippen molar-refractivity contribution in [2.75, 3.05) is 13.2 Å². The maximum absolute atomic E-state index is 13.6. The van der Waals surface area contributed by atoms with Gasteiger partial charge in [0.1, 0.15) is 0 Å². The minimum Gasteiger partial charge on any atom is -0.462 e. The van der Waals surface area contributed by atoms with Gasteiger partial charge in [0, 0.05) is 17.0 Å². The average Bonchev–Trinajstić information content (AvgIpc) is 2.36. The van der Waals surface area contributed by atoms with Crippen molar-refractivity contribution in [1.82, 2.24) is 0 Å². The summed E-state index contributed by atoms with van der Waals surface area (Å²) in [6.07, 6.45) is 1.87. The molecular weight excluding hydrogens is 433 g/mol. The van der Waals surface area contributed by atoms with E-state index >= 15 is 0 Å². The van der Waals surface area contributed by atoms with Gasteiger partial charge in [-0.25, -0.2) is 4.79 Å². The zero-order valence-electron chi connectivity index (χ0n) is 15.2. The Morgan fingerprint density at radius 1 is 1.22 bits per heavy atom. The van der Waals surface area contributed by atoms with Crippen molar-refractivity contribution in [3.05, 3.63) is 0 Å². The molecule has 0 saturated carbocycles. The number of halogens is 3. The van der Waals surface area contributed by atoms with Crippen molar-refractivity contribution in [2.45, 2.75) is 81.4 Å². The Bertz CT molecular complexity index is 371. The lowest BCUT2D eigenvalue weighted by Gasteiger charge is -2.36. The molecule has 0 saturated heterocycles. The van der Waals surface area contributed by atoms with E-state index in [-0.39, 0.29) is 15.6 Å². The Labute approximate surface area is 154 Å². The monoisotopic (exact) mass is 464 g/mol. The van der Waals surface area contributed by atoms with E-state index in [0.717, 1.165) is 12.8 Å². The molecule has 3 nitrogen and oxygen atoms in total. The number of unbranched alkanes of at least 4 members (excludes halogenated alkanes) is 1. The quantitative estimate of drug-likeness (QED) is 0.139. The summed E-state index contributed by atoms with van der Waals surface area (Å²) in [6, 6.07) is 0. The van der Waals surface area contributed by atoms with Crippen LogP contribution in [0.2, 0.25) is 18.1 Å². The number of alkyl halides is 3. The summed E-state index contributed by atoms with van der Waals surface area (Å²) < 4.78 is 37.5. The third-order valence-corrected chi connectivity index (χ3v) is 9.83. The van der Waals surface area contributed by atoms with Crippen LogP contribution >= 0.6 is 22.6 Å². The van der Waals surface area contributed by atoms with Crippen LogP contribution in [-0.4, -0.2) is 37.3 Å². The summed E-state index contributed by atoms with van der Waals surface area (Å²) >= 11 is 1.99. The Morgan fingerprint density at radius 3 is 2.26 bits per heavy atom. The van der Waals surface area contributed by atoms with Gasteiger partial charge in [0.05, 0.1) is 6.61 Å². The van der Waals surface area contributed by atoms with Crippen molar-refractivity contribution in [3.8, 4) is 0 Å². The third-order valence-electron chi connectivity index (χ3n) is 4.23. The Morgan fingerprint density at radius 2 is 1.78 bits per heavy atom. The molecule has 0 fully saturated rings. The van der Waals surface area contributed by atoms with Crippen LogP contribution in [0.3, 0.4) is 0 Å². The first-order valence-corrected chi connectivity index (χ1v) is 12.3. The van der Waals surface area contributed by atoms with Crippen LogP contribution in [0.5, 0.6) is 0 Å². The van der Waals surface area contributed by atoms with Gasteiger partial charge in [-0.05, 0) is 37.9 Å². The van der Waals surface area contributed by atoms with Gasteiger partial charge in [0.15, 0.2) is 8.32 Å². The Kier molecular flexibility index (Phi) is 9.75. The van der Waals surface area contributed by atoms with Gasteiger partial charge in [-0.15, -0.1) is 0 Å². The van der Waals surface area contributed by atoms with E-state index in [0.29, 0.717) is 13.0 Å². The molecule has 0 aromatic heterocycles. The van der Waals surface area contributed by atoms with Crippen LogP contribution in [0.4, 0.5) is 8.78 Å². The molecule has 0 heterocycles. The lowest BCUT2D eigenvalue weighted by Crippen LogP contribution is -2.40. The normalized spacial score (nSPS) is 14.7. The highest BCUT2D eigenvalue weighted by atomic mass is 127. The third kappa shape index (κ3) is 8.76. The molecule has 0 spiro atoms. The molecule has 0 rings (SSSR count). The smallest absolute Gasteiger partial charge is 0.377 e. The summed E-state index contributed by atoms with van der Waals surface area (Å²) in [5.41, 5.74) is 0. The molecule has 0 aromatic rings. The first-order valence-electron chi connectivity index (χ1n) is 8.16. The molecular formula is C16H31F2IO3Si. The molecule has 0 radical (unpaired) electrons. The van der Waals surface area contributed by atoms with Crippen molar-refractivity contribution in [1.29, 1.82) is 0 Å². The Balaban J connectivity index is 4.04. The van der Waals surface area contributed by atoms with Crippen LogP contribution in [-0.2, 0) is 14.0 Å². The van der Waals surface area contributed by atoms with Gasteiger partial charge in [-0.1, -0.05) is 49.8 Å².